The lowest BCUT2D eigenvalue weighted by atomic mass is 10.1. The van der Waals surface area contributed by atoms with Gasteiger partial charge in [-0.05, 0) is 14.0 Å². The molecule has 106 valence electrons. The maximum atomic E-state index is 13.9. The number of halogens is 2. The van der Waals surface area contributed by atoms with Gasteiger partial charge < -0.3 is 4.74 Å². The highest BCUT2D eigenvalue weighted by Crippen LogP contribution is 2.28. The summed E-state index contributed by atoms with van der Waals surface area (Å²) in [6, 6.07) is 7.67. The molecule has 0 fully saturated rings. The van der Waals surface area contributed by atoms with Gasteiger partial charge in [0.05, 0.1) is 19.6 Å². The normalized spacial score (nSPS) is 11.6. The number of benzene rings is 1. The van der Waals surface area contributed by atoms with Crippen LogP contribution in [0.5, 0.6) is 0 Å². The molecule has 0 heterocycles. The zero-order valence-corrected chi connectivity index (χ0v) is 11.2. The molecule has 0 atom stereocenters. The van der Waals surface area contributed by atoms with Gasteiger partial charge in [0, 0.05) is 12.1 Å². The van der Waals surface area contributed by atoms with Gasteiger partial charge in [0.1, 0.15) is 0 Å². The summed E-state index contributed by atoms with van der Waals surface area (Å²) in [5.41, 5.74) is -0.0158. The van der Waals surface area contributed by atoms with Crippen molar-refractivity contribution in [1.82, 2.24) is 4.90 Å². The third-order valence-corrected chi connectivity index (χ3v) is 2.67. The number of alkyl halides is 2. The standard InChI is InChI=1S/C14H19F2NO2/c1-3-19-13(18)9-10-17(2)11-14(15,16)12-7-5-4-6-8-12/h4-8H,3,9-11H2,1-2H3. The van der Waals surface area contributed by atoms with Crippen molar-refractivity contribution in [2.75, 3.05) is 26.7 Å². The Kier molecular flexibility index (Phi) is 5.89. The van der Waals surface area contributed by atoms with Gasteiger partial charge in [-0.2, -0.15) is 8.78 Å². The second-order valence-corrected chi connectivity index (χ2v) is 4.36. The highest BCUT2D eigenvalue weighted by molar-refractivity contribution is 5.69. The molecular formula is C14H19F2NO2. The predicted molar refractivity (Wildman–Crippen MR) is 69.1 cm³/mol. The van der Waals surface area contributed by atoms with Crippen LogP contribution in [-0.4, -0.2) is 37.6 Å². The van der Waals surface area contributed by atoms with Crippen LogP contribution in [0.3, 0.4) is 0 Å². The largest absolute Gasteiger partial charge is 0.466 e. The second kappa shape index (κ2) is 7.19. The molecule has 1 rings (SSSR count). The molecule has 0 bridgehead atoms. The SMILES string of the molecule is CCOC(=O)CCN(C)CC(F)(F)c1ccccc1. The summed E-state index contributed by atoms with van der Waals surface area (Å²) in [6.45, 7) is 1.85. The molecule has 0 aliphatic heterocycles. The van der Waals surface area contributed by atoms with Crippen molar-refractivity contribution < 1.29 is 18.3 Å². The number of nitrogens with zero attached hydrogens (tertiary/aromatic N) is 1. The summed E-state index contributed by atoms with van der Waals surface area (Å²) >= 11 is 0. The van der Waals surface area contributed by atoms with Crippen molar-refractivity contribution in [2.45, 2.75) is 19.3 Å². The van der Waals surface area contributed by atoms with Crippen molar-refractivity contribution in [3.05, 3.63) is 35.9 Å². The molecule has 0 radical (unpaired) electrons. The topological polar surface area (TPSA) is 29.5 Å². The van der Waals surface area contributed by atoms with Crippen molar-refractivity contribution in [3.8, 4) is 0 Å². The van der Waals surface area contributed by atoms with E-state index in [2.05, 4.69) is 0 Å². The van der Waals surface area contributed by atoms with Crippen LogP contribution in [0.2, 0.25) is 0 Å². The van der Waals surface area contributed by atoms with Crippen molar-refractivity contribution in [1.29, 1.82) is 0 Å². The fraction of sp³-hybridized carbons (Fsp3) is 0.500. The number of hydrogen-bond acceptors (Lipinski definition) is 3. The minimum atomic E-state index is -2.93. The van der Waals surface area contributed by atoms with Crippen molar-refractivity contribution in [3.63, 3.8) is 0 Å². The van der Waals surface area contributed by atoms with E-state index in [1.165, 1.54) is 17.0 Å². The van der Waals surface area contributed by atoms with E-state index >= 15 is 0 Å². The van der Waals surface area contributed by atoms with E-state index < -0.39 is 12.5 Å². The lowest BCUT2D eigenvalue weighted by Gasteiger charge is -2.23. The maximum absolute atomic E-state index is 13.9. The first-order valence-corrected chi connectivity index (χ1v) is 6.23. The zero-order valence-electron chi connectivity index (χ0n) is 11.2. The first-order chi connectivity index (χ1) is 8.95. The van der Waals surface area contributed by atoms with Crippen LogP contribution >= 0.6 is 0 Å². The molecule has 0 amide bonds. The van der Waals surface area contributed by atoms with Gasteiger partial charge in [-0.1, -0.05) is 30.3 Å². The molecule has 0 aliphatic rings. The van der Waals surface area contributed by atoms with E-state index in [4.69, 9.17) is 4.74 Å². The summed E-state index contributed by atoms with van der Waals surface area (Å²) < 4.78 is 32.6. The summed E-state index contributed by atoms with van der Waals surface area (Å²) in [5, 5.41) is 0. The molecule has 0 N–H and O–H groups in total. The highest BCUT2D eigenvalue weighted by Gasteiger charge is 2.32. The number of hydrogen-bond donors (Lipinski definition) is 0. The van der Waals surface area contributed by atoms with E-state index in [0.29, 0.717) is 6.61 Å². The van der Waals surface area contributed by atoms with E-state index in [-0.39, 0.29) is 24.5 Å². The molecule has 0 unspecified atom stereocenters. The smallest absolute Gasteiger partial charge is 0.307 e. The Morgan fingerprint density at radius 3 is 2.53 bits per heavy atom. The lowest BCUT2D eigenvalue weighted by molar-refractivity contribution is -0.143. The lowest BCUT2D eigenvalue weighted by Crippen LogP contribution is -2.34. The molecule has 0 saturated carbocycles. The van der Waals surface area contributed by atoms with Gasteiger partial charge in [-0.3, -0.25) is 9.69 Å². The summed E-state index contributed by atoms with van der Waals surface area (Å²) in [5.74, 6) is -3.29. The third kappa shape index (κ3) is 5.34. The third-order valence-electron chi connectivity index (χ3n) is 2.67. The van der Waals surface area contributed by atoms with Crippen LogP contribution in [0, 0.1) is 0 Å². The van der Waals surface area contributed by atoms with Crippen LogP contribution in [0.25, 0.3) is 0 Å². The first kappa shape index (κ1) is 15.6. The van der Waals surface area contributed by atoms with Gasteiger partial charge in [0.15, 0.2) is 0 Å². The number of carbonyl (C=O) groups excluding carboxylic acids is 1. The van der Waals surface area contributed by atoms with Crippen LogP contribution in [0.15, 0.2) is 30.3 Å². The van der Waals surface area contributed by atoms with Gasteiger partial charge in [0.2, 0.25) is 0 Å². The minimum Gasteiger partial charge on any atom is -0.466 e. The zero-order chi connectivity index (χ0) is 14.3. The number of esters is 1. The Bertz CT molecular complexity index is 396. The summed E-state index contributed by atoms with van der Waals surface area (Å²) in [6.07, 6.45) is 0.120. The molecule has 3 nitrogen and oxygen atoms in total. The Hall–Kier alpha value is -1.49. The minimum absolute atomic E-state index is 0.0158. The molecule has 0 spiro atoms. The Balaban J connectivity index is 2.47. The number of ether oxygens (including phenoxy) is 1. The highest BCUT2D eigenvalue weighted by atomic mass is 19.3. The molecule has 0 aliphatic carbocycles. The summed E-state index contributed by atoms with van der Waals surface area (Å²) in [7, 11) is 1.57. The molecule has 1 aromatic rings. The molecule has 19 heavy (non-hydrogen) atoms. The van der Waals surface area contributed by atoms with E-state index in [1.807, 2.05) is 0 Å². The summed E-state index contributed by atoms with van der Waals surface area (Å²) in [4.78, 5) is 12.6. The first-order valence-electron chi connectivity index (χ1n) is 6.23. The Labute approximate surface area is 112 Å². The molecule has 0 saturated heterocycles. The van der Waals surface area contributed by atoms with Crippen molar-refractivity contribution >= 4 is 5.97 Å². The Morgan fingerprint density at radius 1 is 1.32 bits per heavy atom. The quantitative estimate of drug-likeness (QED) is 0.714. The molecule has 0 aromatic heterocycles. The second-order valence-electron chi connectivity index (χ2n) is 4.36. The van der Waals surface area contributed by atoms with Gasteiger partial charge in [0.25, 0.3) is 5.92 Å². The van der Waals surface area contributed by atoms with Crippen LogP contribution in [-0.2, 0) is 15.5 Å². The van der Waals surface area contributed by atoms with E-state index in [0.717, 1.165) is 0 Å². The van der Waals surface area contributed by atoms with Gasteiger partial charge in [-0.15, -0.1) is 0 Å². The monoisotopic (exact) mass is 271 g/mol. The predicted octanol–water partition coefficient (Wildman–Crippen LogP) is 2.66. The molecule has 5 heteroatoms. The molecule has 1 aromatic carbocycles. The average molecular weight is 271 g/mol. The average Bonchev–Trinajstić information content (AvgIpc) is 2.37. The van der Waals surface area contributed by atoms with Gasteiger partial charge >= 0.3 is 5.97 Å². The van der Waals surface area contributed by atoms with Gasteiger partial charge in [-0.25, -0.2) is 0 Å². The Morgan fingerprint density at radius 2 is 1.95 bits per heavy atom. The maximum Gasteiger partial charge on any atom is 0.307 e. The van der Waals surface area contributed by atoms with E-state index in [1.54, 1.807) is 32.2 Å². The van der Waals surface area contributed by atoms with Crippen LogP contribution in [0.4, 0.5) is 8.78 Å². The number of rotatable bonds is 7. The van der Waals surface area contributed by atoms with Crippen LogP contribution < -0.4 is 0 Å². The molecular weight excluding hydrogens is 252 g/mol. The van der Waals surface area contributed by atoms with E-state index in [9.17, 15) is 13.6 Å². The van der Waals surface area contributed by atoms with Crippen molar-refractivity contribution in [2.24, 2.45) is 0 Å². The fourth-order valence-electron chi connectivity index (χ4n) is 1.71. The van der Waals surface area contributed by atoms with Crippen LogP contribution in [0.1, 0.15) is 18.9 Å². The number of likely N-dealkylation sites (N-methyl/N-ethyl adjacent to an activating group) is 1. The fourth-order valence-corrected chi connectivity index (χ4v) is 1.71. The number of carbonyl (C=O) groups is 1.